The Morgan fingerprint density at radius 3 is 1.58 bits per heavy atom. The summed E-state index contributed by atoms with van der Waals surface area (Å²) in [6.07, 6.45) is 0. The highest BCUT2D eigenvalue weighted by atomic mass is 15.0. The van der Waals surface area contributed by atoms with Crippen LogP contribution < -0.4 is 0 Å². The third kappa shape index (κ3) is 5.72. The standard InChI is InChI=1S/C47H31N3/c1-3-12-32(13-4-1)35-18-9-20-40(29-35)45-48-46(41-21-10-19-39(31-41)44-23-11-17-34-16-7-8-22-43(34)44)50-47(49-45)42-27-26-37-28-36(24-25-38(37)30-42)33-14-5-2-6-15-33/h1-31H/i2D,5D,6D,7D,8D,11D,14D,15D,16D,17D,22D,23D. The maximum Gasteiger partial charge on any atom is 0.164 e. The van der Waals surface area contributed by atoms with Crippen molar-refractivity contribution in [3.63, 3.8) is 0 Å². The van der Waals surface area contributed by atoms with Crippen molar-refractivity contribution in [1.29, 1.82) is 0 Å². The molecule has 9 rings (SSSR count). The van der Waals surface area contributed by atoms with Crippen LogP contribution in [0.3, 0.4) is 0 Å². The number of rotatable bonds is 6. The fraction of sp³-hybridized carbons (Fsp3) is 0. The summed E-state index contributed by atoms with van der Waals surface area (Å²) in [5.41, 5.74) is 4.80. The lowest BCUT2D eigenvalue weighted by Gasteiger charge is -2.12. The van der Waals surface area contributed by atoms with Gasteiger partial charge in [0, 0.05) is 16.7 Å². The van der Waals surface area contributed by atoms with Crippen LogP contribution in [0.2, 0.25) is 0 Å². The molecule has 3 heteroatoms. The molecule has 0 fully saturated rings. The van der Waals surface area contributed by atoms with Gasteiger partial charge in [-0.05, 0) is 79.2 Å². The average Bonchev–Trinajstić information content (AvgIpc) is 3.30. The molecular formula is C47H31N3. The number of hydrogen-bond acceptors (Lipinski definition) is 3. The van der Waals surface area contributed by atoms with Crippen molar-refractivity contribution in [2.45, 2.75) is 0 Å². The first-order valence-electron chi connectivity index (χ1n) is 21.9. The molecule has 0 bridgehead atoms. The lowest BCUT2D eigenvalue weighted by atomic mass is 9.97. The predicted octanol–water partition coefficient (Wildman–Crippen LogP) is 12.2. The van der Waals surface area contributed by atoms with Crippen LogP contribution in [0.1, 0.15) is 16.4 Å². The maximum absolute atomic E-state index is 8.94. The Bertz CT molecular complexity index is 3300. The molecule has 0 saturated carbocycles. The van der Waals surface area contributed by atoms with Gasteiger partial charge in [0.1, 0.15) is 0 Å². The van der Waals surface area contributed by atoms with Crippen LogP contribution in [-0.2, 0) is 0 Å². The van der Waals surface area contributed by atoms with Gasteiger partial charge in [0.2, 0.25) is 0 Å². The molecule has 0 radical (unpaired) electrons. The molecule has 0 spiro atoms. The van der Waals surface area contributed by atoms with Crippen molar-refractivity contribution < 1.29 is 16.4 Å². The van der Waals surface area contributed by atoms with E-state index in [1.807, 2.05) is 78.9 Å². The van der Waals surface area contributed by atoms with Crippen molar-refractivity contribution in [1.82, 2.24) is 15.0 Å². The van der Waals surface area contributed by atoms with Crippen molar-refractivity contribution in [3.05, 3.63) is 188 Å². The van der Waals surface area contributed by atoms with Gasteiger partial charge in [0.25, 0.3) is 0 Å². The molecule has 0 unspecified atom stereocenters. The highest BCUT2D eigenvalue weighted by molar-refractivity contribution is 5.97. The van der Waals surface area contributed by atoms with Gasteiger partial charge in [-0.1, -0.05) is 164 Å². The topological polar surface area (TPSA) is 38.7 Å². The maximum atomic E-state index is 8.94. The lowest BCUT2D eigenvalue weighted by Crippen LogP contribution is -2.00. The average molecular weight is 650 g/mol. The summed E-state index contributed by atoms with van der Waals surface area (Å²) in [5.74, 6) is 0.942. The van der Waals surface area contributed by atoms with Crippen LogP contribution in [0.4, 0.5) is 0 Å². The van der Waals surface area contributed by atoms with Crippen LogP contribution in [0.15, 0.2) is 188 Å². The van der Waals surface area contributed by atoms with Crippen molar-refractivity contribution in [2.75, 3.05) is 0 Å². The summed E-state index contributed by atoms with van der Waals surface area (Å²) in [4.78, 5) is 14.9. The Labute approximate surface area is 308 Å². The summed E-state index contributed by atoms with van der Waals surface area (Å²) >= 11 is 0. The van der Waals surface area contributed by atoms with E-state index < -0.39 is 54.4 Å². The van der Waals surface area contributed by atoms with E-state index in [1.54, 1.807) is 36.4 Å². The highest BCUT2D eigenvalue weighted by Gasteiger charge is 2.15. The molecule has 3 nitrogen and oxygen atoms in total. The molecule has 0 aliphatic rings. The SMILES string of the molecule is [2H]c1c([2H])c([2H])c(-c2ccc3cc(-c4nc(-c5cccc(-c6ccccc6)c5)nc(-c5cccc(-c6c([2H])c([2H])c([2H])c7c([2H])c([2H])c([2H])c([2H])c67)c5)n4)ccc3c2)c([2H])c1[2H]. The predicted molar refractivity (Wildman–Crippen MR) is 207 cm³/mol. The third-order valence-electron chi connectivity index (χ3n) is 8.47. The molecule has 8 aromatic carbocycles. The van der Waals surface area contributed by atoms with Gasteiger partial charge in [-0.3, -0.25) is 0 Å². The number of aromatic nitrogens is 3. The summed E-state index contributed by atoms with van der Waals surface area (Å²) in [7, 11) is 0. The van der Waals surface area contributed by atoms with Gasteiger partial charge in [-0.2, -0.15) is 0 Å². The van der Waals surface area contributed by atoms with Gasteiger partial charge in [0.15, 0.2) is 17.5 Å². The molecule has 1 aromatic heterocycles. The minimum atomic E-state index is -0.530. The monoisotopic (exact) mass is 649 g/mol. The molecular weight excluding hydrogens is 607 g/mol. The smallest absolute Gasteiger partial charge is 0.164 e. The number of benzene rings is 8. The molecule has 50 heavy (non-hydrogen) atoms. The van der Waals surface area contributed by atoms with E-state index in [-0.39, 0.29) is 45.9 Å². The molecule has 0 N–H and O–H groups in total. The van der Waals surface area contributed by atoms with E-state index in [4.69, 9.17) is 31.4 Å². The second kappa shape index (κ2) is 12.7. The highest BCUT2D eigenvalue weighted by Crippen LogP contribution is 2.34. The van der Waals surface area contributed by atoms with Gasteiger partial charge in [-0.15, -0.1) is 0 Å². The Morgan fingerprint density at radius 1 is 0.320 bits per heavy atom. The molecule has 234 valence electrons. The Kier molecular flexibility index (Phi) is 4.92. The molecule has 9 aromatic rings. The van der Waals surface area contributed by atoms with E-state index in [0.717, 1.165) is 21.9 Å². The first-order chi connectivity index (χ1) is 29.7. The van der Waals surface area contributed by atoms with Gasteiger partial charge >= 0.3 is 0 Å². The second-order valence-corrected chi connectivity index (χ2v) is 11.6. The summed E-state index contributed by atoms with van der Waals surface area (Å²) in [6, 6.07) is 30.3. The number of fused-ring (bicyclic) bond motifs is 2. The van der Waals surface area contributed by atoms with E-state index in [0.29, 0.717) is 39.5 Å². The minimum absolute atomic E-state index is 0.0280. The Morgan fingerprint density at radius 2 is 0.840 bits per heavy atom. The van der Waals surface area contributed by atoms with Crippen molar-refractivity contribution >= 4 is 21.5 Å². The Balaban J connectivity index is 1.22. The fourth-order valence-electron chi connectivity index (χ4n) is 6.01. The first-order valence-corrected chi connectivity index (χ1v) is 15.9. The first kappa shape index (κ1) is 19.3. The zero-order chi connectivity index (χ0) is 43.7. The second-order valence-electron chi connectivity index (χ2n) is 11.6. The van der Waals surface area contributed by atoms with E-state index in [9.17, 15) is 0 Å². The normalized spacial score (nSPS) is 14.6. The quantitative estimate of drug-likeness (QED) is 0.180. The van der Waals surface area contributed by atoms with Gasteiger partial charge in [0.05, 0.1) is 16.4 Å². The summed E-state index contributed by atoms with van der Waals surface area (Å²) in [5, 5.41) is 1.36. The molecule has 0 amide bonds. The number of nitrogens with zero attached hydrogens (tertiary/aromatic N) is 3. The van der Waals surface area contributed by atoms with Gasteiger partial charge in [-0.25, -0.2) is 15.0 Å². The number of hydrogen-bond donors (Lipinski definition) is 0. The molecule has 0 saturated heterocycles. The zero-order valence-corrected chi connectivity index (χ0v) is 26.3. The summed E-state index contributed by atoms with van der Waals surface area (Å²) < 4.78 is 101. The zero-order valence-electron chi connectivity index (χ0n) is 38.3. The molecule has 1 heterocycles. The minimum Gasteiger partial charge on any atom is -0.208 e. The van der Waals surface area contributed by atoms with E-state index >= 15 is 0 Å². The van der Waals surface area contributed by atoms with Crippen LogP contribution in [-0.4, -0.2) is 15.0 Å². The fourth-order valence-corrected chi connectivity index (χ4v) is 6.01. The van der Waals surface area contributed by atoms with Crippen LogP contribution in [0.5, 0.6) is 0 Å². The van der Waals surface area contributed by atoms with E-state index in [1.165, 1.54) is 0 Å². The van der Waals surface area contributed by atoms with Crippen LogP contribution in [0, 0.1) is 0 Å². The van der Waals surface area contributed by atoms with Crippen molar-refractivity contribution in [3.8, 4) is 67.5 Å². The van der Waals surface area contributed by atoms with E-state index in [2.05, 4.69) is 0 Å². The van der Waals surface area contributed by atoms with Gasteiger partial charge < -0.3 is 0 Å². The van der Waals surface area contributed by atoms with Crippen molar-refractivity contribution in [2.24, 2.45) is 0 Å². The summed E-state index contributed by atoms with van der Waals surface area (Å²) in [6.45, 7) is 0. The Hall–Kier alpha value is -6.71. The molecule has 0 aliphatic carbocycles. The lowest BCUT2D eigenvalue weighted by molar-refractivity contribution is 1.07. The molecule has 0 aliphatic heterocycles. The van der Waals surface area contributed by atoms with Crippen LogP contribution in [0.25, 0.3) is 89.1 Å². The molecule has 0 atom stereocenters. The third-order valence-corrected chi connectivity index (χ3v) is 8.47. The largest absolute Gasteiger partial charge is 0.208 e. The van der Waals surface area contributed by atoms with Crippen LogP contribution >= 0.6 is 0 Å².